The summed E-state index contributed by atoms with van der Waals surface area (Å²) in [5.74, 6) is 0.948. The highest BCUT2D eigenvalue weighted by molar-refractivity contribution is 6.31. The number of rotatable bonds is 6. The summed E-state index contributed by atoms with van der Waals surface area (Å²) in [5.41, 5.74) is 0.205. The maximum atomic E-state index is 15.2. The summed E-state index contributed by atoms with van der Waals surface area (Å²) in [7, 11) is 2.96. The number of anilines is 1. The Kier molecular flexibility index (Phi) is 8.62. The first-order chi connectivity index (χ1) is 15.9. The molecule has 1 aliphatic heterocycles. The van der Waals surface area contributed by atoms with Crippen LogP contribution < -0.4 is 14.6 Å². The van der Waals surface area contributed by atoms with Gasteiger partial charge in [-0.3, -0.25) is 10.1 Å². The fourth-order valence-corrected chi connectivity index (χ4v) is 3.60. The van der Waals surface area contributed by atoms with Gasteiger partial charge in [0.1, 0.15) is 17.7 Å². The van der Waals surface area contributed by atoms with Gasteiger partial charge in [0.15, 0.2) is 5.69 Å². The average molecular weight is 478 g/mol. The number of hydrogen-bond donors (Lipinski definition) is 0. The summed E-state index contributed by atoms with van der Waals surface area (Å²) in [4.78, 5) is 14.7. The molecule has 0 amide bonds. The molecule has 0 spiro atoms. The molecule has 4 rings (SSSR count). The van der Waals surface area contributed by atoms with Gasteiger partial charge in [-0.15, -0.1) is 0 Å². The van der Waals surface area contributed by atoms with Crippen LogP contribution in [-0.4, -0.2) is 37.3 Å². The van der Waals surface area contributed by atoms with Crippen molar-refractivity contribution in [1.82, 2.24) is 4.98 Å². The van der Waals surface area contributed by atoms with Crippen LogP contribution in [0, 0.1) is 10.1 Å². The lowest BCUT2D eigenvalue weighted by Gasteiger charge is -2.18. The first-order valence-electron chi connectivity index (χ1n) is 10.4. The van der Waals surface area contributed by atoms with Gasteiger partial charge in [0.25, 0.3) is 0 Å². The van der Waals surface area contributed by atoms with E-state index in [1.54, 1.807) is 30.3 Å². The fraction of sp³-hybridized carbons (Fsp3) is 0.348. The Balaban J connectivity index is 0.000000442. The zero-order chi connectivity index (χ0) is 23.8. The van der Waals surface area contributed by atoms with Crippen LogP contribution in [0.15, 0.2) is 42.6 Å². The Bertz CT molecular complexity index is 1100. The number of aromatic nitrogens is 1. The van der Waals surface area contributed by atoms with Crippen LogP contribution in [0.2, 0.25) is 5.02 Å². The number of fused-ring (bicyclic) bond motifs is 1. The van der Waals surface area contributed by atoms with Crippen molar-refractivity contribution in [3.63, 3.8) is 0 Å². The largest absolute Gasteiger partial charge is 0.497 e. The van der Waals surface area contributed by atoms with Crippen LogP contribution in [0.25, 0.3) is 10.9 Å². The zero-order valence-corrected chi connectivity index (χ0v) is 19.2. The molecule has 176 valence electrons. The van der Waals surface area contributed by atoms with Crippen molar-refractivity contribution in [2.75, 3.05) is 32.6 Å². The molecule has 2 aromatic carbocycles. The van der Waals surface area contributed by atoms with E-state index in [4.69, 9.17) is 25.8 Å². The van der Waals surface area contributed by atoms with Gasteiger partial charge < -0.3 is 14.2 Å². The average Bonchev–Trinajstić information content (AvgIpc) is 2.84. The van der Waals surface area contributed by atoms with Crippen LogP contribution in [0.4, 0.5) is 15.9 Å². The SMILES string of the molecule is C1CCOCC1.COc1ccc(CN(F)c2c([N+](=O)[O-])cnc3ccc(Cl)cc23)c(OC)c1. The van der Waals surface area contributed by atoms with Crippen molar-refractivity contribution < 1.29 is 23.6 Å². The van der Waals surface area contributed by atoms with E-state index >= 15 is 4.48 Å². The van der Waals surface area contributed by atoms with Crippen LogP contribution >= 0.6 is 11.6 Å². The van der Waals surface area contributed by atoms with E-state index in [-0.39, 0.29) is 17.6 Å². The molecule has 10 heteroatoms. The molecule has 1 saturated heterocycles. The number of ether oxygens (including phenoxy) is 3. The van der Waals surface area contributed by atoms with Gasteiger partial charge in [-0.05, 0) is 49.6 Å². The zero-order valence-electron chi connectivity index (χ0n) is 18.4. The molecule has 33 heavy (non-hydrogen) atoms. The van der Waals surface area contributed by atoms with Gasteiger partial charge in [0.2, 0.25) is 0 Å². The molecule has 8 nitrogen and oxygen atoms in total. The normalized spacial score (nSPS) is 13.1. The Morgan fingerprint density at radius 3 is 2.48 bits per heavy atom. The second-order valence-electron chi connectivity index (χ2n) is 7.28. The lowest BCUT2D eigenvalue weighted by molar-refractivity contribution is -0.384. The summed E-state index contributed by atoms with van der Waals surface area (Å²) in [6, 6.07) is 9.51. The highest BCUT2D eigenvalue weighted by atomic mass is 35.5. The summed E-state index contributed by atoms with van der Waals surface area (Å²) in [5, 5.41) is 12.3. The maximum absolute atomic E-state index is 15.2. The summed E-state index contributed by atoms with van der Waals surface area (Å²) in [6.45, 7) is 1.72. The molecule has 0 bridgehead atoms. The molecule has 1 aromatic heterocycles. The van der Waals surface area contributed by atoms with Gasteiger partial charge in [0.05, 0.1) is 31.2 Å². The van der Waals surface area contributed by atoms with Crippen molar-refractivity contribution in [2.24, 2.45) is 0 Å². The van der Waals surface area contributed by atoms with Crippen LogP contribution in [0.5, 0.6) is 11.5 Å². The van der Waals surface area contributed by atoms with Crippen LogP contribution in [0.1, 0.15) is 24.8 Å². The number of nitro groups is 1. The quantitative estimate of drug-likeness (QED) is 0.248. The standard InChI is InChI=1S/C18H15ClFN3O4.C5H10O/c1-26-13-5-3-11(17(8-13)27-2)10-22(20)18-14-7-12(19)4-6-15(14)21-9-16(18)23(24)25;1-2-4-6-5-3-1/h3-9H,10H2,1-2H3;1-5H2. The Morgan fingerprint density at radius 2 is 1.91 bits per heavy atom. The lowest BCUT2D eigenvalue weighted by Crippen LogP contribution is -2.14. The predicted octanol–water partition coefficient (Wildman–Crippen LogP) is 5.89. The molecular weight excluding hydrogens is 453 g/mol. The smallest absolute Gasteiger partial charge is 0.313 e. The number of nitrogens with zero attached hydrogens (tertiary/aromatic N) is 3. The van der Waals surface area contributed by atoms with Gasteiger partial charge in [-0.25, -0.2) is 4.98 Å². The van der Waals surface area contributed by atoms with Gasteiger partial charge in [0, 0.05) is 35.3 Å². The molecule has 0 saturated carbocycles. The van der Waals surface area contributed by atoms with E-state index < -0.39 is 10.6 Å². The molecule has 0 unspecified atom stereocenters. The molecule has 1 fully saturated rings. The number of methoxy groups -OCH3 is 2. The second kappa shape index (κ2) is 11.6. The second-order valence-corrected chi connectivity index (χ2v) is 7.72. The van der Waals surface area contributed by atoms with E-state index in [2.05, 4.69) is 4.98 Å². The van der Waals surface area contributed by atoms with E-state index in [0.29, 0.717) is 32.7 Å². The molecule has 0 radical (unpaired) electrons. The fourth-order valence-electron chi connectivity index (χ4n) is 3.43. The third-order valence-corrected chi connectivity index (χ3v) is 5.34. The molecule has 0 atom stereocenters. The van der Waals surface area contributed by atoms with Crippen LogP contribution in [-0.2, 0) is 11.3 Å². The third-order valence-electron chi connectivity index (χ3n) is 5.10. The summed E-state index contributed by atoms with van der Waals surface area (Å²) >= 11 is 6.00. The van der Waals surface area contributed by atoms with Crippen molar-refractivity contribution in [1.29, 1.82) is 0 Å². The molecule has 0 aliphatic carbocycles. The molecule has 2 heterocycles. The monoisotopic (exact) mass is 477 g/mol. The Labute approximate surface area is 195 Å². The van der Waals surface area contributed by atoms with E-state index in [9.17, 15) is 10.1 Å². The maximum Gasteiger partial charge on any atom is 0.313 e. The Morgan fingerprint density at radius 1 is 1.15 bits per heavy atom. The summed E-state index contributed by atoms with van der Waals surface area (Å²) < 4.78 is 30.6. The van der Waals surface area contributed by atoms with Gasteiger partial charge in [-0.1, -0.05) is 16.1 Å². The Hall–Kier alpha value is -3.17. The highest BCUT2D eigenvalue weighted by Crippen LogP contribution is 2.38. The first kappa shape index (κ1) is 24.5. The minimum Gasteiger partial charge on any atom is -0.497 e. The third kappa shape index (κ3) is 6.21. The number of benzene rings is 2. The van der Waals surface area contributed by atoms with Gasteiger partial charge in [-0.2, -0.15) is 5.12 Å². The van der Waals surface area contributed by atoms with Crippen molar-refractivity contribution in [3.05, 3.63) is 63.3 Å². The minimum atomic E-state index is -0.680. The van der Waals surface area contributed by atoms with Crippen molar-refractivity contribution in [3.8, 4) is 11.5 Å². The lowest BCUT2D eigenvalue weighted by atomic mass is 10.1. The predicted molar refractivity (Wildman–Crippen MR) is 125 cm³/mol. The molecule has 0 N–H and O–H groups in total. The number of hydrogen-bond acceptors (Lipinski definition) is 7. The number of halogens is 2. The molecule has 3 aromatic rings. The van der Waals surface area contributed by atoms with Crippen LogP contribution in [0.3, 0.4) is 0 Å². The highest BCUT2D eigenvalue weighted by Gasteiger charge is 2.25. The minimum absolute atomic E-state index is 0.217. The van der Waals surface area contributed by atoms with E-state index in [0.717, 1.165) is 19.4 Å². The molecular formula is C23H25ClFN3O5. The van der Waals surface area contributed by atoms with Crippen molar-refractivity contribution in [2.45, 2.75) is 25.8 Å². The van der Waals surface area contributed by atoms with Gasteiger partial charge >= 0.3 is 5.69 Å². The van der Waals surface area contributed by atoms with Crippen molar-refractivity contribution >= 4 is 33.9 Å². The molecule has 1 aliphatic rings. The first-order valence-corrected chi connectivity index (χ1v) is 10.8. The topological polar surface area (TPSA) is 87.0 Å². The number of pyridine rings is 1. The van der Waals surface area contributed by atoms with E-state index in [1.165, 1.54) is 39.5 Å². The summed E-state index contributed by atoms with van der Waals surface area (Å²) in [6.07, 6.45) is 4.96. The van der Waals surface area contributed by atoms with E-state index in [1.807, 2.05) is 0 Å².